The van der Waals surface area contributed by atoms with E-state index in [0.29, 0.717) is 6.54 Å². The van der Waals surface area contributed by atoms with Crippen molar-refractivity contribution >= 4 is 11.9 Å². The molecule has 0 aliphatic carbocycles. The molecule has 0 radical (unpaired) electrons. The van der Waals surface area contributed by atoms with Gasteiger partial charge in [-0.1, -0.05) is 30.3 Å². The van der Waals surface area contributed by atoms with E-state index in [4.69, 9.17) is 5.11 Å². The van der Waals surface area contributed by atoms with Crippen molar-refractivity contribution in [2.75, 3.05) is 13.1 Å². The van der Waals surface area contributed by atoms with Crippen molar-refractivity contribution in [1.82, 2.24) is 10.6 Å². The average Bonchev–Trinajstić information content (AvgIpc) is 2.37. The number of carbonyl (C=O) groups excluding carboxylic acids is 1. The van der Waals surface area contributed by atoms with Crippen LogP contribution in [0.5, 0.6) is 0 Å². The Bertz CT molecular complexity index is 432. The van der Waals surface area contributed by atoms with Gasteiger partial charge in [0.25, 0.3) is 0 Å². The van der Waals surface area contributed by atoms with Crippen molar-refractivity contribution in [2.45, 2.75) is 19.1 Å². The van der Waals surface area contributed by atoms with Crippen LogP contribution in [-0.2, 0) is 16.1 Å². The summed E-state index contributed by atoms with van der Waals surface area (Å²) in [5.41, 5.74) is -0.895. The molecule has 1 unspecified atom stereocenters. The van der Waals surface area contributed by atoms with Gasteiger partial charge in [-0.3, -0.25) is 4.79 Å². The van der Waals surface area contributed by atoms with E-state index < -0.39 is 11.6 Å². The third-order valence-corrected chi connectivity index (χ3v) is 2.55. The molecule has 0 heterocycles. The summed E-state index contributed by atoms with van der Waals surface area (Å²) in [6.45, 7) is 1.35. The van der Waals surface area contributed by atoms with Crippen LogP contribution in [0.4, 0.5) is 0 Å². The average molecular weight is 266 g/mol. The summed E-state index contributed by atoms with van der Waals surface area (Å²) in [5, 5.41) is 23.4. The molecule has 19 heavy (non-hydrogen) atoms. The van der Waals surface area contributed by atoms with Crippen molar-refractivity contribution in [3.63, 3.8) is 0 Å². The molecule has 104 valence electrons. The van der Waals surface area contributed by atoms with E-state index in [0.717, 1.165) is 5.56 Å². The summed E-state index contributed by atoms with van der Waals surface area (Å²) < 4.78 is 0. The molecule has 1 aromatic carbocycles. The number of aliphatic carboxylic acids is 1. The van der Waals surface area contributed by atoms with Crippen molar-refractivity contribution in [1.29, 1.82) is 0 Å². The summed E-state index contributed by atoms with van der Waals surface area (Å²) in [6, 6.07) is 9.43. The van der Waals surface area contributed by atoms with Gasteiger partial charge in [-0.05, 0) is 12.5 Å². The fourth-order valence-electron chi connectivity index (χ4n) is 1.35. The Hall–Kier alpha value is -1.92. The van der Waals surface area contributed by atoms with E-state index >= 15 is 0 Å². The maximum Gasteiger partial charge on any atom is 0.336 e. The first-order valence-corrected chi connectivity index (χ1v) is 5.89. The Kier molecular flexibility index (Phi) is 5.47. The Balaban J connectivity index is 2.24. The zero-order chi connectivity index (χ0) is 14.3. The van der Waals surface area contributed by atoms with Crippen LogP contribution in [0.2, 0.25) is 0 Å². The molecule has 1 aromatic rings. The van der Waals surface area contributed by atoms with Gasteiger partial charge >= 0.3 is 5.97 Å². The molecule has 6 heteroatoms. The van der Waals surface area contributed by atoms with Gasteiger partial charge < -0.3 is 20.8 Å². The number of carboxylic acids is 1. The van der Waals surface area contributed by atoms with Crippen LogP contribution in [0.3, 0.4) is 0 Å². The molecule has 4 N–H and O–H groups in total. The van der Waals surface area contributed by atoms with Gasteiger partial charge in [0.15, 0.2) is 5.60 Å². The molecule has 0 bridgehead atoms. The number of carbonyl (C=O) groups is 2. The molecule has 0 aliphatic rings. The lowest BCUT2D eigenvalue weighted by Crippen LogP contribution is -2.47. The quantitative estimate of drug-likeness (QED) is 0.544. The lowest BCUT2D eigenvalue weighted by molar-refractivity contribution is -0.156. The second kappa shape index (κ2) is 6.86. The van der Waals surface area contributed by atoms with Crippen LogP contribution in [0.15, 0.2) is 30.3 Å². The summed E-state index contributed by atoms with van der Waals surface area (Å²) in [4.78, 5) is 22.1. The highest BCUT2D eigenvalue weighted by atomic mass is 16.4. The summed E-state index contributed by atoms with van der Waals surface area (Å²) >= 11 is 0. The van der Waals surface area contributed by atoms with E-state index in [9.17, 15) is 14.7 Å². The maximum atomic E-state index is 11.5. The first kappa shape index (κ1) is 15.1. The predicted octanol–water partition coefficient (Wildman–Crippen LogP) is -0.272. The first-order valence-electron chi connectivity index (χ1n) is 5.89. The molecular formula is C13H18N2O4. The molecule has 0 aliphatic heterocycles. The normalized spacial score (nSPS) is 13.6. The van der Waals surface area contributed by atoms with Crippen molar-refractivity contribution in [3.05, 3.63) is 35.9 Å². The highest BCUT2D eigenvalue weighted by Gasteiger charge is 2.29. The molecule has 1 rings (SSSR count). The second-order valence-corrected chi connectivity index (χ2v) is 4.44. The SMILES string of the molecule is CC(O)(CNCC(=O)NCc1ccccc1)C(=O)O. The van der Waals surface area contributed by atoms with Gasteiger partial charge in [0.2, 0.25) is 5.91 Å². The van der Waals surface area contributed by atoms with E-state index in [1.54, 1.807) is 0 Å². The number of hydrogen-bond acceptors (Lipinski definition) is 4. The smallest absolute Gasteiger partial charge is 0.336 e. The fraction of sp³-hybridized carbons (Fsp3) is 0.385. The Morgan fingerprint density at radius 2 is 1.89 bits per heavy atom. The van der Waals surface area contributed by atoms with Crippen LogP contribution in [0.1, 0.15) is 12.5 Å². The lowest BCUT2D eigenvalue weighted by Gasteiger charge is -2.18. The number of nitrogens with one attached hydrogen (secondary N) is 2. The fourth-order valence-corrected chi connectivity index (χ4v) is 1.35. The monoisotopic (exact) mass is 266 g/mol. The topological polar surface area (TPSA) is 98.7 Å². The number of rotatable bonds is 7. The highest BCUT2D eigenvalue weighted by Crippen LogP contribution is 2.00. The third-order valence-electron chi connectivity index (χ3n) is 2.55. The summed E-state index contributed by atoms with van der Waals surface area (Å²) in [5.74, 6) is -1.59. The largest absolute Gasteiger partial charge is 0.479 e. The third kappa shape index (κ3) is 5.50. The van der Waals surface area contributed by atoms with E-state index in [1.165, 1.54) is 6.92 Å². The van der Waals surface area contributed by atoms with Gasteiger partial charge in [-0.2, -0.15) is 0 Å². The number of aliphatic hydroxyl groups is 1. The maximum absolute atomic E-state index is 11.5. The lowest BCUT2D eigenvalue weighted by atomic mass is 10.1. The zero-order valence-electron chi connectivity index (χ0n) is 10.7. The number of amides is 1. The molecule has 0 fully saturated rings. The zero-order valence-corrected chi connectivity index (χ0v) is 10.7. The first-order chi connectivity index (χ1) is 8.92. The second-order valence-electron chi connectivity index (χ2n) is 4.44. The molecule has 0 aromatic heterocycles. The van der Waals surface area contributed by atoms with Crippen molar-refractivity contribution in [3.8, 4) is 0 Å². The highest BCUT2D eigenvalue weighted by molar-refractivity contribution is 5.79. The standard InChI is InChI=1S/C13H18N2O4/c1-13(19,12(17)18)9-14-8-11(16)15-7-10-5-3-2-4-6-10/h2-6,14,19H,7-9H2,1H3,(H,15,16)(H,17,18). The number of carboxylic acid groups (broad SMARTS) is 1. The number of hydrogen-bond donors (Lipinski definition) is 4. The van der Waals surface area contributed by atoms with E-state index in [1.807, 2.05) is 30.3 Å². The van der Waals surface area contributed by atoms with E-state index in [-0.39, 0.29) is 19.0 Å². The van der Waals surface area contributed by atoms with Crippen LogP contribution < -0.4 is 10.6 Å². The van der Waals surface area contributed by atoms with Crippen molar-refractivity contribution in [2.24, 2.45) is 0 Å². The molecule has 6 nitrogen and oxygen atoms in total. The summed E-state index contributed by atoms with van der Waals surface area (Å²) in [6.07, 6.45) is 0. The minimum Gasteiger partial charge on any atom is -0.479 e. The van der Waals surface area contributed by atoms with Crippen LogP contribution in [-0.4, -0.2) is 40.8 Å². The Labute approximate surface area is 111 Å². The molecule has 0 saturated carbocycles. The minimum atomic E-state index is -1.88. The Morgan fingerprint density at radius 3 is 2.47 bits per heavy atom. The molecule has 1 atom stereocenters. The molecule has 0 spiro atoms. The molecular weight excluding hydrogens is 248 g/mol. The Morgan fingerprint density at radius 1 is 1.26 bits per heavy atom. The van der Waals surface area contributed by atoms with Gasteiger partial charge in [-0.25, -0.2) is 4.79 Å². The van der Waals surface area contributed by atoms with Gasteiger partial charge in [0, 0.05) is 13.1 Å². The van der Waals surface area contributed by atoms with Crippen LogP contribution in [0.25, 0.3) is 0 Å². The summed E-state index contributed by atoms with van der Waals surface area (Å²) in [7, 11) is 0. The van der Waals surface area contributed by atoms with Crippen LogP contribution >= 0.6 is 0 Å². The van der Waals surface area contributed by atoms with Gasteiger partial charge in [0.1, 0.15) is 0 Å². The molecule has 0 saturated heterocycles. The molecule has 1 amide bonds. The van der Waals surface area contributed by atoms with E-state index in [2.05, 4.69) is 10.6 Å². The van der Waals surface area contributed by atoms with Crippen molar-refractivity contribution < 1.29 is 19.8 Å². The van der Waals surface area contributed by atoms with Gasteiger partial charge in [-0.15, -0.1) is 0 Å². The predicted molar refractivity (Wildman–Crippen MR) is 69.4 cm³/mol. The van der Waals surface area contributed by atoms with Crippen LogP contribution in [0, 0.1) is 0 Å². The number of benzene rings is 1. The minimum absolute atomic E-state index is 0.0454. The van der Waals surface area contributed by atoms with Gasteiger partial charge in [0.05, 0.1) is 6.54 Å².